The maximum absolute atomic E-state index is 11.9. The van der Waals surface area contributed by atoms with Crippen molar-refractivity contribution in [3.8, 4) is 0 Å². The highest BCUT2D eigenvalue weighted by molar-refractivity contribution is 7.91. The lowest BCUT2D eigenvalue weighted by molar-refractivity contribution is 0.191. The van der Waals surface area contributed by atoms with E-state index in [0.717, 1.165) is 43.3 Å². The summed E-state index contributed by atoms with van der Waals surface area (Å²) in [5.41, 5.74) is 0. The van der Waals surface area contributed by atoms with Crippen LogP contribution in [0.5, 0.6) is 0 Å². The van der Waals surface area contributed by atoms with Crippen LogP contribution in [0, 0.1) is 5.92 Å². The molecule has 20 heavy (non-hydrogen) atoms. The molecule has 114 valence electrons. The molecule has 0 aliphatic carbocycles. The van der Waals surface area contributed by atoms with E-state index in [1.807, 2.05) is 0 Å². The van der Waals surface area contributed by atoms with Crippen molar-refractivity contribution < 1.29 is 8.42 Å². The Morgan fingerprint density at radius 3 is 2.80 bits per heavy atom. The van der Waals surface area contributed by atoms with Crippen molar-refractivity contribution in [1.82, 2.24) is 14.6 Å². The molecule has 0 atom stereocenters. The third kappa shape index (κ3) is 4.66. The van der Waals surface area contributed by atoms with Crippen LogP contribution in [0.25, 0.3) is 0 Å². The Morgan fingerprint density at radius 1 is 1.50 bits per heavy atom. The minimum Gasteiger partial charge on any atom is -0.303 e. The number of halogens is 1. The quantitative estimate of drug-likeness (QED) is 0.808. The van der Waals surface area contributed by atoms with Gasteiger partial charge in [0, 0.05) is 6.54 Å². The van der Waals surface area contributed by atoms with Crippen LogP contribution in [0.15, 0.2) is 10.4 Å². The summed E-state index contributed by atoms with van der Waals surface area (Å²) in [6, 6.07) is 0. The Morgan fingerprint density at radius 2 is 2.20 bits per heavy atom. The number of piperidine rings is 1. The number of likely N-dealkylation sites (tertiary alicyclic amines) is 1. The molecule has 0 spiro atoms. The molecule has 0 saturated carbocycles. The SMILES string of the molecule is CC1CCN(CCCNS(=O)(=O)c2cnc(Cl)s2)CC1. The van der Waals surface area contributed by atoms with Gasteiger partial charge in [0.05, 0.1) is 6.20 Å². The number of sulfonamides is 1. The van der Waals surface area contributed by atoms with E-state index in [9.17, 15) is 8.42 Å². The van der Waals surface area contributed by atoms with Gasteiger partial charge in [-0.15, -0.1) is 0 Å². The van der Waals surface area contributed by atoms with E-state index in [-0.39, 0.29) is 8.68 Å². The Bertz CT molecular complexity index is 525. The first kappa shape index (κ1) is 16.2. The number of thiazole rings is 1. The van der Waals surface area contributed by atoms with Gasteiger partial charge in [-0.1, -0.05) is 29.9 Å². The van der Waals surface area contributed by atoms with Gasteiger partial charge < -0.3 is 4.90 Å². The van der Waals surface area contributed by atoms with E-state index < -0.39 is 10.0 Å². The van der Waals surface area contributed by atoms with E-state index in [4.69, 9.17) is 11.6 Å². The van der Waals surface area contributed by atoms with Gasteiger partial charge in [-0.3, -0.25) is 0 Å². The molecular formula is C12H20ClN3O2S2. The summed E-state index contributed by atoms with van der Waals surface area (Å²) in [6.07, 6.45) is 4.59. The fourth-order valence-electron chi connectivity index (χ4n) is 2.23. The van der Waals surface area contributed by atoms with E-state index in [1.165, 1.54) is 19.0 Å². The molecule has 8 heteroatoms. The molecule has 0 radical (unpaired) electrons. The monoisotopic (exact) mass is 337 g/mol. The number of nitrogens with zero attached hydrogens (tertiary/aromatic N) is 2. The van der Waals surface area contributed by atoms with Gasteiger partial charge in [-0.25, -0.2) is 18.1 Å². The van der Waals surface area contributed by atoms with Crippen LogP contribution in [-0.2, 0) is 10.0 Å². The van der Waals surface area contributed by atoms with Crippen molar-refractivity contribution >= 4 is 33.0 Å². The highest BCUT2D eigenvalue weighted by Gasteiger charge is 2.18. The molecule has 0 unspecified atom stereocenters. The summed E-state index contributed by atoms with van der Waals surface area (Å²) >= 11 is 6.62. The van der Waals surface area contributed by atoms with Crippen molar-refractivity contribution in [3.05, 3.63) is 10.7 Å². The summed E-state index contributed by atoms with van der Waals surface area (Å²) in [7, 11) is -3.45. The fourth-order valence-corrected chi connectivity index (χ4v) is 4.64. The van der Waals surface area contributed by atoms with Gasteiger partial charge in [-0.05, 0) is 44.8 Å². The summed E-state index contributed by atoms with van der Waals surface area (Å²) in [4.78, 5) is 6.15. The predicted octanol–water partition coefficient (Wildman–Crippen LogP) is 2.20. The minimum atomic E-state index is -3.45. The molecule has 1 aromatic rings. The molecule has 0 amide bonds. The highest BCUT2D eigenvalue weighted by atomic mass is 35.5. The van der Waals surface area contributed by atoms with Crippen molar-refractivity contribution in [2.24, 2.45) is 5.92 Å². The maximum Gasteiger partial charge on any atom is 0.251 e. The molecule has 1 fully saturated rings. The number of nitrogens with one attached hydrogen (secondary N) is 1. The van der Waals surface area contributed by atoms with Crippen molar-refractivity contribution in [1.29, 1.82) is 0 Å². The summed E-state index contributed by atoms with van der Waals surface area (Å²) in [5.74, 6) is 0.820. The molecule has 0 aromatic carbocycles. The molecule has 1 saturated heterocycles. The van der Waals surface area contributed by atoms with Gasteiger partial charge in [0.1, 0.15) is 0 Å². The normalized spacial score (nSPS) is 18.5. The zero-order valence-electron chi connectivity index (χ0n) is 11.5. The maximum atomic E-state index is 11.9. The zero-order chi connectivity index (χ0) is 14.6. The average Bonchev–Trinajstić information content (AvgIpc) is 2.84. The van der Waals surface area contributed by atoms with Crippen molar-refractivity contribution in [2.75, 3.05) is 26.2 Å². The second-order valence-electron chi connectivity index (χ2n) is 5.21. The molecule has 1 aromatic heterocycles. The summed E-state index contributed by atoms with van der Waals surface area (Å²) < 4.78 is 26.9. The highest BCUT2D eigenvalue weighted by Crippen LogP contribution is 2.22. The molecule has 5 nitrogen and oxygen atoms in total. The number of hydrogen-bond donors (Lipinski definition) is 1. The molecule has 1 aliphatic rings. The summed E-state index contributed by atoms with van der Waals surface area (Å²) in [5, 5.41) is 0. The molecular weight excluding hydrogens is 318 g/mol. The Labute approximate surface area is 129 Å². The molecule has 2 rings (SSSR count). The number of rotatable bonds is 6. The molecule has 2 heterocycles. The third-order valence-corrected chi connectivity index (χ3v) is 6.58. The third-order valence-electron chi connectivity index (χ3n) is 3.54. The Hall–Kier alpha value is -0.210. The van der Waals surface area contributed by atoms with E-state index >= 15 is 0 Å². The molecule has 1 N–H and O–H groups in total. The minimum absolute atomic E-state index is 0.175. The lowest BCUT2D eigenvalue weighted by Gasteiger charge is -2.30. The fraction of sp³-hybridized carbons (Fsp3) is 0.750. The smallest absolute Gasteiger partial charge is 0.251 e. The first-order valence-electron chi connectivity index (χ1n) is 6.81. The van der Waals surface area contributed by atoms with Gasteiger partial charge >= 0.3 is 0 Å². The first-order valence-corrected chi connectivity index (χ1v) is 9.48. The first-order chi connectivity index (χ1) is 9.47. The molecule has 0 bridgehead atoms. The van der Waals surface area contributed by atoms with E-state index in [0.29, 0.717) is 6.54 Å². The van der Waals surface area contributed by atoms with E-state index in [2.05, 4.69) is 21.5 Å². The van der Waals surface area contributed by atoms with Crippen LogP contribution >= 0.6 is 22.9 Å². The van der Waals surface area contributed by atoms with Gasteiger partial charge in [0.25, 0.3) is 10.0 Å². The lowest BCUT2D eigenvalue weighted by Crippen LogP contribution is -2.35. The average molecular weight is 338 g/mol. The topological polar surface area (TPSA) is 62.3 Å². The van der Waals surface area contributed by atoms with Crippen molar-refractivity contribution in [2.45, 2.75) is 30.4 Å². The Kier molecular flexibility index (Phi) is 5.80. The van der Waals surface area contributed by atoms with Crippen LogP contribution in [0.3, 0.4) is 0 Å². The lowest BCUT2D eigenvalue weighted by atomic mass is 9.99. The number of hydrogen-bond acceptors (Lipinski definition) is 5. The van der Waals surface area contributed by atoms with Crippen LogP contribution in [-0.4, -0.2) is 44.5 Å². The second kappa shape index (κ2) is 7.17. The zero-order valence-corrected chi connectivity index (χ0v) is 13.9. The van der Waals surface area contributed by atoms with Crippen LogP contribution < -0.4 is 4.72 Å². The van der Waals surface area contributed by atoms with E-state index in [1.54, 1.807) is 0 Å². The van der Waals surface area contributed by atoms with Crippen LogP contribution in [0.1, 0.15) is 26.2 Å². The standard InChI is InChI=1S/C12H20ClN3O2S2/c1-10-3-7-16(8-4-10)6-2-5-15-20(17,18)11-9-14-12(13)19-11/h9-10,15H,2-8H2,1H3. The van der Waals surface area contributed by atoms with Gasteiger partial charge in [0.15, 0.2) is 8.68 Å². The van der Waals surface area contributed by atoms with Crippen molar-refractivity contribution in [3.63, 3.8) is 0 Å². The molecule has 1 aliphatic heterocycles. The van der Waals surface area contributed by atoms with Crippen LogP contribution in [0.2, 0.25) is 4.47 Å². The largest absolute Gasteiger partial charge is 0.303 e. The van der Waals surface area contributed by atoms with Gasteiger partial charge in [-0.2, -0.15) is 0 Å². The van der Waals surface area contributed by atoms with Gasteiger partial charge in [0.2, 0.25) is 0 Å². The predicted molar refractivity (Wildman–Crippen MR) is 81.8 cm³/mol. The number of aromatic nitrogens is 1. The second-order valence-corrected chi connectivity index (χ2v) is 8.81. The Balaban J connectivity index is 1.70. The van der Waals surface area contributed by atoms with Crippen LogP contribution in [0.4, 0.5) is 0 Å². The summed E-state index contributed by atoms with van der Waals surface area (Å²) in [6.45, 7) is 5.92.